The Morgan fingerprint density at radius 3 is 1.06 bits per heavy atom. The number of rotatable bonds is 25. The highest BCUT2D eigenvalue weighted by Gasteiger charge is 2.25. The van der Waals surface area contributed by atoms with Crippen LogP contribution < -0.4 is 9.47 Å². The molecular weight excluding hydrogens is 585 g/mol. The van der Waals surface area contributed by atoms with Crippen LogP contribution in [0.2, 0.25) is 0 Å². The molecule has 0 heterocycles. The summed E-state index contributed by atoms with van der Waals surface area (Å²) in [7, 11) is 0. The summed E-state index contributed by atoms with van der Waals surface area (Å²) in [6, 6.07) is 17.4. The van der Waals surface area contributed by atoms with Gasteiger partial charge in [0.15, 0.2) is 0 Å². The minimum absolute atomic E-state index is 0.839. The minimum Gasteiger partial charge on any atom is -0.494 e. The molecule has 2 aliphatic rings. The number of hydrogen-bond acceptors (Lipinski definition) is 2. The quantitative estimate of drug-likeness (QED) is 0.0988. The van der Waals surface area contributed by atoms with Gasteiger partial charge >= 0.3 is 0 Å². The molecule has 4 rings (SSSR count). The fraction of sp³-hybridized carbons (Fsp3) is 0.739. The number of benzene rings is 2. The first kappa shape index (κ1) is 38.8. The van der Waals surface area contributed by atoms with E-state index in [1.807, 2.05) is 0 Å². The van der Waals surface area contributed by atoms with Gasteiger partial charge in [-0.05, 0) is 84.7 Å². The van der Waals surface area contributed by atoms with Gasteiger partial charge in [0.1, 0.15) is 11.5 Å². The zero-order valence-electron chi connectivity index (χ0n) is 31.5. The number of ether oxygens (including phenoxy) is 2. The first-order valence-corrected chi connectivity index (χ1v) is 21.2. The van der Waals surface area contributed by atoms with Crippen LogP contribution in [-0.2, 0) is 0 Å². The van der Waals surface area contributed by atoms with E-state index in [4.69, 9.17) is 9.47 Å². The normalized spacial score (nSPS) is 21.3. The van der Waals surface area contributed by atoms with Gasteiger partial charge in [-0.1, -0.05) is 179 Å². The Balaban J connectivity index is 1.09. The highest BCUT2D eigenvalue weighted by atomic mass is 16.5. The molecule has 0 bridgehead atoms. The van der Waals surface area contributed by atoms with Crippen LogP contribution in [0.15, 0.2) is 48.5 Å². The van der Waals surface area contributed by atoms with Gasteiger partial charge in [-0.3, -0.25) is 0 Å². The molecule has 2 heteroatoms. The van der Waals surface area contributed by atoms with E-state index >= 15 is 0 Å². The van der Waals surface area contributed by atoms with Gasteiger partial charge in [0, 0.05) is 0 Å². The van der Waals surface area contributed by atoms with Crippen molar-refractivity contribution >= 4 is 0 Å². The molecule has 2 aliphatic carbocycles. The smallest absolute Gasteiger partial charge is 0.119 e. The lowest BCUT2D eigenvalue weighted by atomic mass is 9.74. The van der Waals surface area contributed by atoms with Crippen LogP contribution in [0, 0.1) is 23.7 Å². The van der Waals surface area contributed by atoms with E-state index in [1.54, 1.807) is 0 Å². The second kappa shape index (κ2) is 24.2. The van der Waals surface area contributed by atoms with E-state index in [2.05, 4.69) is 62.4 Å². The maximum atomic E-state index is 6.20. The number of hydrogen-bond donors (Lipinski definition) is 0. The molecule has 2 aromatic carbocycles. The molecule has 0 saturated heterocycles. The molecule has 270 valence electrons. The van der Waals surface area contributed by atoms with Crippen molar-refractivity contribution in [2.24, 2.45) is 23.7 Å². The van der Waals surface area contributed by atoms with Gasteiger partial charge in [0.2, 0.25) is 0 Å². The van der Waals surface area contributed by atoms with Crippen LogP contribution in [0.5, 0.6) is 11.5 Å². The van der Waals surface area contributed by atoms with Crippen LogP contribution >= 0.6 is 0 Å². The molecule has 0 N–H and O–H groups in total. The van der Waals surface area contributed by atoms with Gasteiger partial charge in [0.05, 0.1) is 13.2 Å². The van der Waals surface area contributed by atoms with Crippen LogP contribution in [0.1, 0.15) is 181 Å². The zero-order chi connectivity index (χ0) is 33.5. The molecule has 2 aromatic rings. The molecule has 0 aliphatic heterocycles. The molecule has 2 fully saturated rings. The maximum absolute atomic E-state index is 6.20. The predicted molar refractivity (Wildman–Crippen MR) is 208 cm³/mol. The average Bonchev–Trinajstić information content (AvgIpc) is 3.13. The van der Waals surface area contributed by atoms with Crippen molar-refractivity contribution in [3.05, 3.63) is 48.5 Å². The summed E-state index contributed by atoms with van der Waals surface area (Å²) < 4.78 is 12.4. The van der Waals surface area contributed by atoms with E-state index in [0.29, 0.717) is 0 Å². The summed E-state index contributed by atoms with van der Waals surface area (Å²) >= 11 is 0. The molecule has 4 unspecified atom stereocenters. The van der Waals surface area contributed by atoms with Crippen molar-refractivity contribution in [3.8, 4) is 22.6 Å². The van der Waals surface area contributed by atoms with E-state index in [9.17, 15) is 0 Å². The minimum atomic E-state index is 0.839. The summed E-state index contributed by atoms with van der Waals surface area (Å²) in [6.07, 6.45) is 36.6. The van der Waals surface area contributed by atoms with Gasteiger partial charge in [-0.2, -0.15) is 0 Å². The van der Waals surface area contributed by atoms with E-state index in [0.717, 1.165) is 48.4 Å². The Hall–Kier alpha value is -1.96. The SMILES string of the molecule is CCCCCCCCC1CCCCC1CCCOc1ccc(-c2ccc(OCCCC3CCCCC3CCCCCCCC)cc2)cc1. The molecule has 0 radical (unpaired) electrons. The monoisotopic (exact) mass is 659 g/mol. The Morgan fingerprint density at radius 1 is 0.396 bits per heavy atom. The summed E-state index contributed by atoms with van der Waals surface area (Å²) in [6.45, 7) is 6.30. The maximum Gasteiger partial charge on any atom is 0.119 e. The average molecular weight is 659 g/mol. The van der Waals surface area contributed by atoms with Crippen molar-refractivity contribution in [2.75, 3.05) is 13.2 Å². The number of unbranched alkanes of at least 4 members (excludes halogenated alkanes) is 10. The lowest BCUT2D eigenvalue weighted by Crippen LogP contribution is -2.20. The highest BCUT2D eigenvalue weighted by molar-refractivity contribution is 5.64. The van der Waals surface area contributed by atoms with Gasteiger partial charge in [0.25, 0.3) is 0 Å². The van der Waals surface area contributed by atoms with Crippen LogP contribution in [0.3, 0.4) is 0 Å². The Kier molecular flexibility index (Phi) is 19.6. The Morgan fingerprint density at radius 2 is 0.708 bits per heavy atom. The lowest BCUT2D eigenvalue weighted by molar-refractivity contribution is 0.190. The topological polar surface area (TPSA) is 18.5 Å². The van der Waals surface area contributed by atoms with Crippen molar-refractivity contribution < 1.29 is 9.47 Å². The fourth-order valence-electron chi connectivity index (χ4n) is 9.02. The molecule has 2 saturated carbocycles. The molecule has 2 nitrogen and oxygen atoms in total. The van der Waals surface area contributed by atoms with Crippen molar-refractivity contribution in [1.82, 2.24) is 0 Å². The highest BCUT2D eigenvalue weighted by Crippen LogP contribution is 2.38. The summed E-state index contributed by atoms with van der Waals surface area (Å²) in [5, 5.41) is 0. The van der Waals surface area contributed by atoms with E-state index in [-0.39, 0.29) is 0 Å². The van der Waals surface area contributed by atoms with Gasteiger partial charge in [-0.25, -0.2) is 0 Å². The third-order valence-corrected chi connectivity index (χ3v) is 12.0. The molecule has 48 heavy (non-hydrogen) atoms. The Bertz CT molecular complexity index is 957. The summed E-state index contributed by atoms with van der Waals surface area (Å²) in [5.41, 5.74) is 2.48. The van der Waals surface area contributed by atoms with Crippen LogP contribution in [-0.4, -0.2) is 13.2 Å². The predicted octanol–water partition coefficient (Wildman–Crippen LogP) is 14.8. The first-order chi connectivity index (χ1) is 23.8. The summed E-state index contributed by atoms with van der Waals surface area (Å²) in [5.74, 6) is 5.79. The third-order valence-electron chi connectivity index (χ3n) is 12.0. The Labute approximate surface area is 297 Å². The third kappa shape index (κ3) is 14.9. The lowest BCUT2D eigenvalue weighted by Gasteiger charge is -2.32. The van der Waals surface area contributed by atoms with E-state index < -0.39 is 0 Å². The second-order valence-electron chi connectivity index (χ2n) is 15.8. The molecule has 0 amide bonds. The molecule has 4 atom stereocenters. The zero-order valence-corrected chi connectivity index (χ0v) is 31.5. The largest absolute Gasteiger partial charge is 0.494 e. The second-order valence-corrected chi connectivity index (χ2v) is 15.8. The van der Waals surface area contributed by atoms with Crippen LogP contribution in [0.25, 0.3) is 11.1 Å². The molecular formula is C46H74O2. The fourth-order valence-corrected chi connectivity index (χ4v) is 9.02. The van der Waals surface area contributed by atoms with Gasteiger partial charge < -0.3 is 9.47 Å². The van der Waals surface area contributed by atoms with Crippen molar-refractivity contribution in [1.29, 1.82) is 0 Å². The van der Waals surface area contributed by atoms with Crippen molar-refractivity contribution in [3.63, 3.8) is 0 Å². The van der Waals surface area contributed by atoms with Crippen LogP contribution in [0.4, 0.5) is 0 Å². The summed E-state index contributed by atoms with van der Waals surface area (Å²) in [4.78, 5) is 0. The first-order valence-electron chi connectivity index (χ1n) is 21.2. The molecule has 0 aromatic heterocycles. The standard InChI is InChI=1S/C46H74O2/c1-3-5-7-9-11-13-21-39-23-15-17-25-41(39)27-19-37-47-45-33-29-43(30-34-45)44-31-35-46(36-32-44)48-38-20-28-42-26-18-16-24-40(42)22-14-12-10-8-6-4-2/h29-36,39-42H,3-28,37-38H2,1-2H3. The molecule has 0 spiro atoms. The van der Waals surface area contributed by atoms with E-state index in [1.165, 1.54) is 178 Å². The van der Waals surface area contributed by atoms with Gasteiger partial charge in [-0.15, -0.1) is 0 Å². The van der Waals surface area contributed by atoms with Crippen molar-refractivity contribution in [2.45, 2.75) is 181 Å².